The van der Waals surface area contributed by atoms with Crippen molar-refractivity contribution in [2.45, 2.75) is 57.7 Å². The predicted molar refractivity (Wildman–Crippen MR) is 86.9 cm³/mol. The van der Waals surface area contributed by atoms with E-state index in [-0.39, 0.29) is 29.5 Å². The Labute approximate surface area is 137 Å². The van der Waals surface area contributed by atoms with E-state index in [9.17, 15) is 8.42 Å². The van der Waals surface area contributed by atoms with E-state index in [4.69, 9.17) is 4.52 Å². The number of hydrogen-bond acceptors (Lipinski definition) is 7. The maximum absolute atomic E-state index is 12.1. The van der Waals surface area contributed by atoms with Crippen LogP contribution in [0.4, 0.5) is 0 Å². The number of piperidine rings is 1. The first-order valence-electron chi connectivity index (χ1n) is 8.45. The lowest BCUT2D eigenvalue weighted by atomic mass is 10.1. The maximum atomic E-state index is 12.1. The van der Waals surface area contributed by atoms with Gasteiger partial charge in [-0.1, -0.05) is 25.4 Å². The van der Waals surface area contributed by atoms with Crippen LogP contribution < -0.4 is 5.32 Å². The van der Waals surface area contributed by atoms with Crippen molar-refractivity contribution < 1.29 is 12.9 Å². The molecule has 2 fully saturated rings. The molecule has 0 amide bonds. The summed E-state index contributed by atoms with van der Waals surface area (Å²) in [6.07, 6.45) is 3.56. The molecule has 3 heterocycles. The highest BCUT2D eigenvalue weighted by atomic mass is 32.2. The summed E-state index contributed by atoms with van der Waals surface area (Å²) in [4.78, 5) is 6.67. The molecule has 23 heavy (non-hydrogen) atoms. The van der Waals surface area contributed by atoms with E-state index in [1.165, 1.54) is 6.42 Å². The normalized spacial score (nSPS) is 28.5. The van der Waals surface area contributed by atoms with Gasteiger partial charge in [0.25, 0.3) is 0 Å². The van der Waals surface area contributed by atoms with Gasteiger partial charge in [0, 0.05) is 18.0 Å². The quantitative estimate of drug-likeness (QED) is 0.851. The van der Waals surface area contributed by atoms with Crippen molar-refractivity contribution in [2.75, 3.05) is 24.6 Å². The Hall–Kier alpha value is -0.990. The van der Waals surface area contributed by atoms with Gasteiger partial charge in [0.2, 0.25) is 5.89 Å². The van der Waals surface area contributed by atoms with Gasteiger partial charge in [-0.2, -0.15) is 4.98 Å². The monoisotopic (exact) mass is 342 g/mol. The van der Waals surface area contributed by atoms with Crippen LogP contribution in [-0.2, 0) is 16.4 Å². The number of aromatic nitrogens is 2. The molecule has 2 saturated heterocycles. The summed E-state index contributed by atoms with van der Waals surface area (Å²) in [5, 5.41) is 7.28. The van der Waals surface area contributed by atoms with Crippen LogP contribution in [0.1, 0.15) is 50.7 Å². The molecule has 130 valence electrons. The van der Waals surface area contributed by atoms with E-state index in [0.717, 1.165) is 25.9 Å². The van der Waals surface area contributed by atoms with E-state index in [1.807, 2.05) is 13.8 Å². The fourth-order valence-electron chi connectivity index (χ4n) is 3.43. The highest BCUT2D eigenvalue weighted by molar-refractivity contribution is 7.91. The fraction of sp³-hybridized carbons (Fsp3) is 0.867. The van der Waals surface area contributed by atoms with Gasteiger partial charge < -0.3 is 9.84 Å². The molecule has 2 aliphatic rings. The summed E-state index contributed by atoms with van der Waals surface area (Å²) in [5.74, 6) is 1.88. The minimum atomic E-state index is -2.98. The average molecular weight is 342 g/mol. The minimum absolute atomic E-state index is 0.0625. The topological polar surface area (TPSA) is 88.3 Å². The first kappa shape index (κ1) is 16.9. The third-order valence-corrected chi connectivity index (χ3v) is 6.41. The summed E-state index contributed by atoms with van der Waals surface area (Å²) >= 11 is 0. The molecule has 0 saturated carbocycles. The summed E-state index contributed by atoms with van der Waals surface area (Å²) in [7, 11) is -2.98. The van der Waals surface area contributed by atoms with E-state index in [0.29, 0.717) is 18.3 Å². The molecule has 0 aromatic carbocycles. The maximum Gasteiger partial charge on any atom is 0.240 e. The van der Waals surface area contributed by atoms with Crippen LogP contribution in [0.3, 0.4) is 0 Å². The van der Waals surface area contributed by atoms with Crippen molar-refractivity contribution in [1.29, 1.82) is 0 Å². The Morgan fingerprint density at radius 3 is 2.65 bits per heavy atom. The SMILES string of the molecule is CC(C)c1noc(CN[C@H]2CS(=O)(=O)C[C@@H]2N2CCCCC2)n1. The summed E-state index contributed by atoms with van der Waals surface area (Å²) in [6.45, 7) is 6.44. The van der Waals surface area contributed by atoms with E-state index < -0.39 is 9.84 Å². The molecule has 2 atom stereocenters. The molecule has 0 aliphatic carbocycles. The second-order valence-corrected chi connectivity index (χ2v) is 9.08. The van der Waals surface area contributed by atoms with Crippen LogP contribution in [0.2, 0.25) is 0 Å². The zero-order valence-corrected chi connectivity index (χ0v) is 14.7. The highest BCUT2D eigenvalue weighted by Crippen LogP contribution is 2.22. The molecule has 1 aromatic rings. The van der Waals surface area contributed by atoms with Gasteiger partial charge >= 0.3 is 0 Å². The number of hydrogen-bond donors (Lipinski definition) is 1. The van der Waals surface area contributed by atoms with Crippen molar-refractivity contribution in [3.63, 3.8) is 0 Å². The van der Waals surface area contributed by atoms with Gasteiger partial charge in [0.15, 0.2) is 15.7 Å². The second-order valence-electron chi connectivity index (χ2n) is 6.93. The van der Waals surface area contributed by atoms with Gasteiger partial charge in [-0.15, -0.1) is 0 Å². The van der Waals surface area contributed by atoms with Crippen molar-refractivity contribution in [3.8, 4) is 0 Å². The van der Waals surface area contributed by atoms with Crippen LogP contribution in [0.25, 0.3) is 0 Å². The molecule has 7 nitrogen and oxygen atoms in total. The van der Waals surface area contributed by atoms with Gasteiger partial charge in [0.05, 0.1) is 18.1 Å². The molecule has 3 rings (SSSR count). The van der Waals surface area contributed by atoms with E-state index >= 15 is 0 Å². The lowest BCUT2D eigenvalue weighted by molar-refractivity contribution is 0.153. The number of nitrogens with one attached hydrogen (secondary N) is 1. The molecule has 0 spiro atoms. The summed E-state index contributed by atoms with van der Waals surface area (Å²) < 4.78 is 29.4. The minimum Gasteiger partial charge on any atom is -0.338 e. The van der Waals surface area contributed by atoms with Gasteiger partial charge in [0.1, 0.15) is 0 Å². The van der Waals surface area contributed by atoms with Crippen LogP contribution in [0, 0.1) is 0 Å². The Bertz CT molecular complexity index is 622. The third-order valence-electron chi connectivity index (χ3n) is 4.70. The van der Waals surface area contributed by atoms with E-state index in [1.54, 1.807) is 0 Å². The summed E-state index contributed by atoms with van der Waals surface area (Å²) in [6, 6.07) is 0.000269. The lowest BCUT2D eigenvalue weighted by Gasteiger charge is -2.34. The number of sulfone groups is 1. The molecule has 1 aromatic heterocycles. The van der Waals surface area contributed by atoms with Gasteiger partial charge in [-0.3, -0.25) is 4.90 Å². The summed E-state index contributed by atoms with van der Waals surface area (Å²) in [5.41, 5.74) is 0. The molecule has 0 unspecified atom stereocenters. The van der Waals surface area contributed by atoms with Gasteiger partial charge in [-0.25, -0.2) is 8.42 Å². The standard InChI is InChI=1S/C15H26N4O3S/c1-11(2)15-17-14(22-18-15)8-16-12-9-23(20,21)10-13(12)19-6-4-3-5-7-19/h11-13,16H,3-10H2,1-2H3/t12-,13-/m0/s1. The average Bonchev–Trinajstić information content (AvgIpc) is 3.10. The fourth-order valence-corrected chi connectivity index (χ4v) is 5.41. The largest absolute Gasteiger partial charge is 0.338 e. The Morgan fingerprint density at radius 2 is 2.00 bits per heavy atom. The molecule has 0 radical (unpaired) electrons. The Balaban J connectivity index is 1.63. The van der Waals surface area contributed by atoms with Crippen LogP contribution >= 0.6 is 0 Å². The molecule has 1 N–H and O–H groups in total. The van der Waals surface area contributed by atoms with Crippen molar-refractivity contribution >= 4 is 9.84 Å². The Morgan fingerprint density at radius 1 is 1.26 bits per heavy atom. The van der Waals surface area contributed by atoms with Crippen LogP contribution in [0.5, 0.6) is 0 Å². The van der Waals surface area contributed by atoms with Crippen LogP contribution in [-0.4, -0.2) is 60.1 Å². The highest BCUT2D eigenvalue weighted by Gasteiger charge is 2.41. The van der Waals surface area contributed by atoms with Crippen molar-refractivity contribution in [3.05, 3.63) is 11.7 Å². The zero-order valence-electron chi connectivity index (χ0n) is 13.9. The zero-order chi connectivity index (χ0) is 16.4. The first-order chi connectivity index (χ1) is 10.9. The predicted octanol–water partition coefficient (Wildman–Crippen LogP) is 0.934. The molecular formula is C15H26N4O3S. The molecular weight excluding hydrogens is 316 g/mol. The molecule has 2 aliphatic heterocycles. The van der Waals surface area contributed by atoms with Gasteiger partial charge in [-0.05, 0) is 25.9 Å². The smallest absolute Gasteiger partial charge is 0.240 e. The van der Waals surface area contributed by atoms with Crippen molar-refractivity contribution in [2.24, 2.45) is 0 Å². The molecule has 0 bridgehead atoms. The number of likely N-dealkylation sites (tertiary alicyclic amines) is 1. The molecule has 8 heteroatoms. The number of nitrogens with zero attached hydrogens (tertiary/aromatic N) is 3. The third kappa shape index (κ3) is 4.10. The van der Waals surface area contributed by atoms with Crippen molar-refractivity contribution in [1.82, 2.24) is 20.4 Å². The first-order valence-corrected chi connectivity index (χ1v) is 10.3. The Kier molecular flexibility index (Phi) is 5.03. The lowest BCUT2D eigenvalue weighted by Crippen LogP contribution is -2.50. The van der Waals surface area contributed by atoms with E-state index in [2.05, 4.69) is 20.4 Å². The second kappa shape index (κ2) is 6.86. The number of rotatable bonds is 5. The van der Waals surface area contributed by atoms with Crippen LogP contribution in [0.15, 0.2) is 4.52 Å².